The Kier molecular flexibility index (Phi) is 5.93. The van der Waals surface area contributed by atoms with Crippen LogP contribution in [0.3, 0.4) is 0 Å². The number of hydrazine groups is 1. The van der Waals surface area contributed by atoms with Crippen LogP contribution in [-0.2, 0) is 16.2 Å². The molecule has 2 aliphatic heterocycles. The number of carbonyl (C=O) groups excluding carboxylic acids is 4. The van der Waals surface area contributed by atoms with Crippen molar-refractivity contribution in [3.05, 3.63) is 83.8 Å². The molecule has 1 unspecified atom stereocenters. The summed E-state index contributed by atoms with van der Waals surface area (Å²) in [5.41, 5.74) is 4.54. The van der Waals surface area contributed by atoms with Crippen LogP contribution in [0, 0.1) is 0 Å². The minimum absolute atomic E-state index is 0.00976. The third kappa shape index (κ3) is 4.17. The molecule has 1 saturated heterocycles. The van der Waals surface area contributed by atoms with Crippen LogP contribution < -0.4 is 20.5 Å². The first kappa shape index (κ1) is 23.2. The maximum absolute atomic E-state index is 13.2. The average molecular weight is 489 g/mol. The van der Waals surface area contributed by atoms with E-state index in [2.05, 4.69) is 10.9 Å². The quantitative estimate of drug-likeness (QED) is 0.515. The van der Waals surface area contributed by atoms with E-state index in [-0.39, 0.29) is 37.1 Å². The highest BCUT2D eigenvalue weighted by Gasteiger charge is 2.53. The first-order valence-electron chi connectivity index (χ1n) is 11.5. The fourth-order valence-corrected chi connectivity index (χ4v) is 4.56. The first-order chi connectivity index (χ1) is 17.4. The molecule has 0 aliphatic carbocycles. The fourth-order valence-electron chi connectivity index (χ4n) is 4.56. The maximum atomic E-state index is 13.2. The lowest BCUT2D eigenvalue weighted by atomic mass is 9.98. The lowest BCUT2D eigenvalue weighted by Crippen LogP contribution is -2.64. The van der Waals surface area contributed by atoms with Gasteiger partial charge in [0, 0.05) is 6.42 Å². The minimum Gasteiger partial charge on any atom is -0.486 e. The zero-order valence-corrected chi connectivity index (χ0v) is 19.5. The lowest BCUT2D eigenvalue weighted by Gasteiger charge is -2.48. The average Bonchev–Trinajstić information content (AvgIpc) is 3.49. The molecular formula is C26H24N4O6. The van der Waals surface area contributed by atoms with Gasteiger partial charge in [-0.2, -0.15) is 0 Å². The van der Waals surface area contributed by atoms with E-state index >= 15 is 0 Å². The maximum Gasteiger partial charge on any atom is 0.305 e. The van der Waals surface area contributed by atoms with Crippen LogP contribution in [0.1, 0.15) is 46.4 Å². The van der Waals surface area contributed by atoms with Crippen molar-refractivity contribution in [3.8, 4) is 5.75 Å². The van der Waals surface area contributed by atoms with E-state index in [0.29, 0.717) is 29.2 Å². The van der Waals surface area contributed by atoms with E-state index in [1.807, 2.05) is 18.2 Å². The molecule has 3 aromatic rings. The summed E-state index contributed by atoms with van der Waals surface area (Å²) in [5, 5.41) is 0. The number of nitrogens with one attached hydrogen (secondary N) is 2. The highest BCUT2D eigenvalue weighted by Crippen LogP contribution is 2.43. The van der Waals surface area contributed by atoms with Crippen molar-refractivity contribution in [1.29, 1.82) is 0 Å². The molecule has 10 heteroatoms. The van der Waals surface area contributed by atoms with E-state index in [4.69, 9.17) is 9.15 Å². The van der Waals surface area contributed by atoms with Crippen molar-refractivity contribution in [2.75, 3.05) is 11.4 Å². The smallest absolute Gasteiger partial charge is 0.305 e. The summed E-state index contributed by atoms with van der Waals surface area (Å²) in [6.45, 7) is 1.55. The second kappa shape index (κ2) is 9.21. The molecule has 0 saturated carbocycles. The van der Waals surface area contributed by atoms with Gasteiger partial charge >= 0.3 is 5.91 Å². The molecule has 0 bridgehead atoms. The third-order valence-corrected chi connectivity index (χ3v) is 6.37. The molecule has 3 heterocycles. The summed E-state index contributed by atoms with van der Waals surface area (Å²) >= 11 is 0. The predicted octanol–water partition coefficient (Wildman–Crippen LogP) is 2.62. The van der Waals surface area contributed by atoms with Crippen molar-refractivity contribution in [2.45, 2.75) is 32.0 Å². The van der Waals surface area contributed by atoms with Crippen molar-refractivity contribution in [3.63, 3.8) is 0 Å². The number of para-hydroxylation sites is 2. The number of fused-ring (bicyclic) bond motifs is 3. The summed E-state index contributed by atoms with van der Waals surface area (Å²) in [7, 11) is 0. The third-order valence-electron chi connectivity index (χ3n) is 6.37. The summed E-state index contributed by atoms with van der Waals surface area (Å²) in [6, 6.07) is 19.1. The molecule has 5 rings (SSSR count). The number of carbonyl (C=O) groups is 4. The van der Waals surface area contributed by atoms with Gasteiger partial charge in [0.1, 0.15) is 30.3 Å². The van der Waals surface area contributed by atoms with Crippen LogP contribution in [-0.4, -0.2) is 40.7 Å². The van der Waals surface area contributed by atoms with Crippen molar-refractivity contribution in [1.82, 2.24) is 15.8 Å². The van der Waals surface area contributed by atoms with Gasteiger partial charge in [0.25, 0.3) is 11.8 Å². The summed E-state index contributed by atoms with van der Waals surface area (Å²) in [4.78, 5) is 54.0. The Morgan fingerprint density at radius 2 is 1.75 bits per heavy atom. The van der Waals surface area contributed by atoms with Gasteiger partial charge in [-0.05, 0) is 49.7 Å². The highest BCUT2D eigenvalue weighted by atomic mass is 16.5. The Labute approximate surface area is 206 Å². The molecule has 2 aliphatic rings. The van der Waals surface area contributed by atoms with Gasteiger partial charge in [0.2, 0.25) is 5.91 Å². The highest BCUT2D eigenvalue weighted by molar-refractivity contribution is 6.11. The van der Waals surface area contributed by atoms with Gasteiger partial charge < -0.3 is 14.1 Å². The van der Waals surface area contributed by atoms with Gasteiger partial charge in [0.05, 0.1) is 11.3 Å². The molecule has 10 nitrogen and oxygen atoms in total. The normalized spacial score (nSPS) is 18.5. The standard InChI is InChI=1S/C26H24N4O6/c1-26-14-13-23(32)30(26)20-10-6-5-9-19(20)25(34)29(26)15-22(31)27-28-24(33)21-12-11-18(36-21)16-35-17-7-3-2-4-8-17/h2-12H,13-16H2,1H3,(H,27,31)(H,28,33). The van der Waals surface area contributed by atoms with Gasteiger partial charge in [-0.25, -0.2) is 0 Å². The van der Waals surface area contributed by atoms with Crippen molar-refractivity contribution < 1.29 is 28.3 Å². The molecule has 2 N–H and O–H groups in total. The van der Waals surface area contributed by atoms with Crippen LogP contribution in [0.2, 0.25) is 0 Å². The van der Waals surface area contributed by atoms with Gasteiger partial charge in [-0.1, -0.05) is 30.3 Å². The van der Waals surface area contributed by atoms with Crippen LogP contribution in [0.4, 0.5) is 5.69 Å². The SMILES string of the molecule is CC12CCC(=O)N1c1ccccc1C(=O)N2CC(=O)NNC(=O)c1ccc(COc2ccccc2)o1. The zero-order valence-electron chi connectivity index (χ0n) is 19.5. The first-order valence-corrected chi connectivity index (χ1v) is 11.5. The molecule has 0 spiro atoms. The van der Waals surface area contributed by atoms with Gasteiger partial charge in [0.15, 0.2) is 5.76 Å². The summed E-state index contributed by atoms with van der Waals surface area (Å²) < 4.78 is 11.1. The van der Waals surface area contributed by atoms with Crippen LogP contribution in [0.25, 0.3) is 0 Å². The van der Waals surface area contributed by atoms with E-state index in [1.165, 1.54) is 11.0 Å². The van der Waals surface area contributed by atoms with E-state index < -0.39 is 17.5 Å². The Hall–Kier alpha value is -4.60. The van der Waals surface area contributed by atoms with Crippen molar-refractivity contribution >= 4 is 29.3 Å². The number of ether oxygens (including phenoxy) is 1. The van der Waals surface area contributed by atoms with E-state index in [9.17, 15) is 19.2 Å². The summed E-state index contributed by atoms with van der Waals surface area (Å²) in [6.07, 6.45) is 0.660. The molecule has 184 valence electrons. The zero-order chi connectivity index (χ0) is 25.3. The topological polar surface area (TPSA) is 121 Å². The molecule has 2 aromatic carbocycles. The molecular weight excluding hydrogens is 464 g/mol. The Balaban J connectivity index is 1.20. The molecule has 4 amide bonds. The van der Waals surface area contributed by atoms with Crippen molar-refractivity contribution in [2.24, 2.45) is 0 Å². The number of furan rings is 1. The monoisotopic (exact) mass is 488 g/mol. The largest absolute Gasteiger partial charge is 0.486 e. The Morgan fingerprint density at radius 1 is 1.00 bits per heavy atom. The molecule has 1 aromatic heterocycles. The lowest BCUT2D eigenvalue weighted by molar-refractivity contribution is -0.124. The number of rotatable bonds is 6. The number of benzene rings is 2. The number of nitrogens with zero attached hydrogens (tertiary/aromatic N) is 2. The molecule has 0 radical (unpaired) electrons. The Bertz CT molecular complexity index is 1340. The minimum atomic E-state index is -0.974. The number of hydrogen-bond acceptors (Lipinski definition) is 6. The second-order valence-electron chi connectivity index (χ2n) is 8.72. The van der Waals surface area contributed by atoms with E-state index in [0.717, 1.165) is 0 Å². The molecule has 36 heavy (non-hydrogen) atoms. The van der Waals surface area contributed by atoms with Crippen LogP contribution >= 0.6 is 0 Å². The number of hydrogen-bond donors (Lipinski definition) is 2. The molecule has 1 fully saturated rings. The second-order valence-corrected chi connectivity index (χ2v) is 8.72. The number of anilines is 1. The van der Waals surface area contributed by atoms with Gasteiger partial charge in [-0.3, -0.25) is 34.9 Å². The molecule has 1 atom stereocenters. The fraction of sp³-hybridized carbons (Fsp3) is 0.231. The predicted molar refractivity (Wildman–Crippen MR) is 128 cm³/mol. The van der Waals surface area contributed by atoms with Gasteiger partial charge in [-0.15, -0.1) is 0 Å². The van der Waals surface area contributed by atoms with Crippen LogP contribution in [0.15, 0.2) is 71.1 Å². The number of amides is 4. The van der Waals surface area contributed by atoms with E-state index in [1.54, 1.807) is 54.3 Å². The Morgan fingerprint density at radius 3 is 2.56 bits per heavy atom. The summed E-state index contributed by atoms with van der Waals surface area (Å²) in [5.74, 6) is -0.644. The van der Waals surface area contributed by atoms with Crippen LogP contribution in [0.5, 0.6) is 5.75 Å².